The number of morpholine rings is 1. The van der Waals surface area contributed by atoms with E-state index in [-0.39, 0.29) is 18.0 Å². The Morgan fingerprint density at radius 2 is 2.18 bits per heavy atom. The third-order valence-electron chi connectivity index (χ3n) is 3.18. The van der Waals surface area contributed by atoms with E-state index >= 15 is 0 Å². The van der Waals surface area contributed by atoms with Gasteiger partial charge in [-0.05, 0) is 26.8 Å². The predicted molar refractivity (Wildman–Crippen MR) is 80.5 cm³/mol. The molecule has 0 aliphatic carbocycles. The molecule has 7 heteroatoms. The number of nitrogens with two attached hydrogens (primary N) is 1. The Balaban J connectivity index is 2.21. The zero-order chi connectivity index (χ0) is 16.3. The lowest BCUT2D eigenvalue weighted by molar-refractivity contribution is -0.0265. The molecule has 0 spiro atoms. The van der Waals surface area contributed by atoms with E-state index in [9.17, 15) is 9.59 Å². The van der Waals surface area contributed by atoms with Crippen molar-refractivity contribution >= 4 is 17.6 Å². The number of carbonyl (C=O) groups excluding carboxylic acids is 2. The minimum absolute atomic E-state index is 0.117. The first kappa shape index (κ1) is 16.2. The van der Waals surface area contributed by atoms with Crippen LogP contribution in [0.3, 0.4) is 0 Å². The van der Waals surface area contributed by atoms with E-state index < -0.39 is 17.7 Å². The predicted octanol–water partition coefficient (Wildman–Crippen LogP) is 1.48. The number of rotatable bonds is 2. The molecule has 1 aromatic rings. The van der Waals surface area contributed by atoms with Gasteiger partial charge in [-0.2, -0.15) is 0 Å². The standard InChI is InChI=1S/C15H21N3O4/c1-15(2,3)22-14(20)18-6-7-21-9-12(18)13(19)10-8-17-5-4-11(10)16/h4-5,8,12H,6-7,9H2,1-3H3,(H2,16,17). The van der Waals surface area contributed by atoms with Crippen LogP contribution in [0, 0.1) is 0 Å². The minimum atomic E-state index is -0.755. The number of ketones is 1. The van der Waals surface area contributed by atoms with Crippen molar-refractivity contribution < 1.29 is 19.1 Å². The minimum Gasteiger partial charge on any atom is -0.444 e. The van der Waals surface area contributed by atoms with Crippen LogP contribution in [0.4, 0.5) is 10.5 Å². The van der Waals surface area contributed by atoms with Crippen LogP contribution in [-0.2, 0) is 9.47 Å². The molecular weight excluding hydrogens is 286 g/mol. The van der Waals surface area contributed by atoms with Crippen molar-refractivity contribution in [3.8, 4) is 0 Å². The van der Waals surface area contributed by atoms with Crippen molar-refractivity contribution in [3.05, 3.63) is 24.0 Å². The monoisotopic (exact) mass is 307 g/mol. The molecule has 7 nitrogen and oxygen atoms in total. The summed E-state index contributed by atoms with van der Waals surface area (Å²) in [5.41, 5.74) is 5.80. The van der Waals surface area contributed by atoms with E-state index in [4.69, 9.17) is 15.2 Å². The number of anilines is 1. The Morgan fingerprint density at radius 1 is 1.45 bits per heavy atom. The largest absolute Gasteiger partial charge is 0.444 e. The van der Waals surface area contributed by atoms with E-state index in [0.29, 0.717) is 18.8 Å². The number of nitrogen functional groups attached to an aromatic ring is 1. The highest BCUT2D eigenvalue weighted by Gasteiger charge is 2.36. The van der Waals surface area contributed by atoms with Crippen molar-refractivity contribution in [2.45, 2.75) is 32.4 Å². The molecule has 1 unspecified atom stereocenters. The first-order chi connectivity index (χ1) is 10.3. The van der Waals surface area contributed by atoms with Gasteiger partial charge in [-0.3, -0.25) is 14.7 Å². The second kappa shape index (κ2) is 6.31. The average molecular weight is 307 g/mol. The second-order valence-corrected chi connectivity index (χ2v) is 6.09. The number of hydrogen-bond donors (Lipinski definition) is 1. The molecule has 2 heterocycles. The Hall–Kier alpha value is -2.15. The van der Waals surface area contributed by atoms with E-state index in [1.54, 1.807) is 26.8 Å². The molecule has 0 saturated carbocycles. The van der Waals surface area contributed by atoms with Crippen molar-refractivity contribution in [1.29, 1.82) is 0 Å². The van der Waals surface area contributed by atoms with Crippen LogP contribution in [0.25, 0.3) is 0 Å². The highest BCUT2D eigenvalue weighted by Crippen LogP contribution is 2.20. The number of hydrogen-bond acceptors (Lipinski definition) is 6. The fourth-order valence-corrected chi connectivity index (χ4v) is 2.15. The fourth-order valence-electron chi connectivity index (χ4n) is 2.15. The van der Waals surface area contributed by atoms with Crippen molar-refractivity contribution in [2.75, 3.05) is 25.5 Å². The van der Waals surface area contributed by atoms with Crippen LogP contribution in [0.1, 0.15) is 31.1 Å². The maximum atomic E-state index is 12.7. The van der Waals surface area contributed by atoms with Gasteiger partial charge in [-0.15, -0.1) is 0 Å². The summed E-state index contributed by atoms with van der Waals surface area (Å²) in [5.74, 6) is -0.295. The number of pyridine rings is 1. The van der Waals surface area contributed by atoms with Crippen molar-refractivity contribution in [1.82, 2.24) is 9.88 Å². The molecule has 22 heavy (non-hydrogen) atoms. The third kappa shape index (κ3) is 3.73. The van der Waals surface area contributed by atoms with Crippen LogP contribution in [0.2, 0.25) is 0 Å². The Morgan fingerprint density at radius 3 is 2.82 bits per heavy atom. The first-order valence-electron chi connectivity index (χ1n) is 7.10. The summed E-state index contributed by atoms with van der Waals surface area (Å²) in [6.07, 6.45) is 2.38. The van der Waals surface area contributed by atoms with Crippen LogP contribution in [0.15, 0.2) is 18.5 Å². The van der Waals surface area contributed by atoms with Gasteiger partial charge in [0.15, 0.2) is 5.78 Å². The summed E-state index contributed by atoms with van der Waals surface area (Å²) in [6, 6.07) is 0.796. The lowest BCUT2D eigenvalue weighted by Gasteiger charge is -2.35. The number of nitrogens with zero attached hydrogens (tertiary/aromatic N) is 2. The Bertz CT molecular complexity index is 568. The Labute approximate surface area is 129 Å². The van der Waals surface area contributed by atoms with Gasteiger partial charge in [0.2, 0.25) is 0 Å². The number of aromatic nitrogens is 1. The van der Waals surface area contributed by atoms with Gasteiger partial charge < -0.3 is 15.2 Å². The molecular formula is C15H21N3O4. The summed E-state index contributed by atoms with van der Waals surface area (Å²) in [6.45, 7) is 6.12. The zero-order valence-electron chi connectivity index (χ0n) is 13.0. The molecule has 2 rings (SSSR count). The molecule has 1 fully saturated rings. The highest BCUT2D eigenvalue weighted by molar-refractivity contribution is 6.05. The zero-order valence-corrected chi connectivity index (χ0v) is 13.0. The normalized spacial score (nSPS) is 18.9. The number of ether oxygens (including phenoxy) is 2. The summed E-state index contributed by atoms with van der Waals surface area (Å²) in [4.78, 5) is 30.3. The van der Waals surface area contributed by atoms with E-state index in [1.807, 2.05) is 0 Å². The fraction of sp³-hybridized carbons (Fsp3) is 0.533. The maximum Gasteiger partial charge on any atom is 0.411 e. The van der Waals surface area contributed by atoms with Gasteiger partial charge >= 0.3 is 6.09 Å². The van der Waals surface area contributed by atoms with E-state index in [0.717, 1.165) is 0 Å². The number of Topliss-reactive ketones (excluding diaryl/α,β-unsaturated/α-hetero) is 1. The maximum absolute atomic E-state index is 12.7. The first-order valence-corrected chi connectivity index (χ1v) is 7.10. The molecule has 2 N–H and O–H groups in total. The van der Waals surface area contributed by atoms with Gasteiger partial charge in [0, 0.05) is 24.6 Å². The van der Waals surface area contributed by atoms with Crippen molar-refractivity contribution in [3.63, 3.8) is 0 Å². The SMILES string of the molecule is CC(C)(C)OC(=O)N1CCOCC1C(=O)c1cnccc1N. The summed E-state index contributed by atoms with van der Waals surface area (Å²) in [5, 5.41) is 0. The highest BCUT2D eigenvalue weighted by atomic mass is 16.6. The van der Waals surface area contributed by atoms with Gasteiger partial charge in [0.1, 0.15) is 11.6 Å². The van der Waals surface area contributed by atoms with Crippen LogP contribution >= 0.6 is 0 Å². The Kier molecular flexibility index (Phi) is 4.65. The molecule has 1 amide bonds. The lowest BCUT2D eigenvalue weighted by atomic mass is 10.0. The topological polar surface area (TPSA) is 94.7 Å². The van der Waals surface area contributed by atoms with E-state index in [1.165, 1.54) is 17.3 Å². The quantitative estimate of drug-likeness (QED) is 0.832. The van der Waals surface area contributed by atoms with Gasteiger partial charge in [-0.25, -0.2) is 4.79 Å². The molecule has 120 valence electrons. The third-order valence-corrected chi connectivity index (χ3v) is 3.18. The molecule has 0 bridgehead atoms. The molecule has 1 atom stereocenters. The number of carbonyl (C=O) groups is 2. The summed E-state index contributed by atoms with van der Waals surface area (Å²) >= 11 is 0. The molecule has 1 saturated heterocycles. The number of amides is 1. The smallest absolute Gasteiger partial charge is 0.411 e. The molecule has 1 aliphatic heterocycles. The molecule has 0 aromatic carbocycles. The van der Waals surface area contributed by atoms with Crippen LogP contribution < -0.4 is 5.73 Å². The van der Waals surface area contributed by atoms with Gasteiger partial charge in [0.05, 0.1) is 18.8 Å². The van der Waals surface area contributed by atoms with Crippen molar-refractivity contribution in [2.24, 2.45) is 0 Å². The van der Waals surface area contributed by atoms with Gasteiger partial charge in [-0.1, -0.05) is 0 Å². The molecule has 1 aromatic heterocycles. The van der Waals surface area contributed by atoms with E-state index in [2.05, 4.69) is 4.98 Å². The lowest BCUT2D eigenvalue weighted by Crippen LogP contribution is -2.53. The van der Waals surface area contributed by atoms with Crippen LogP contribution in [-0.4, -0.2) is 53.2 Å². The summed E-state index contributed by atoms with van der Waals surface area (Å²) in [7, 11) is 0. The van der Waals surface area contributed by atoms with Crippen LogP contribution in [0.5, 0.6) is 0 Å². The molecule has 1 aliphatic rings. The summed E-state index contributed by atoms with van der Waals surface area (Å²) < 4.78 is 10.7. The average Bonchev–Trinajstić information content (AvgIpc) is 2.45. The second-order valence-electron chi connectivity index (χ2n) is 6.09. The van der Waals surface area contributed by atoms with Gasteiger partial charge in [0.25, 0.3) is 0 Å². The molecule has 0 radical (unpaired) electrons.